The largest absolute Gasteiger partial charge is 0.452 e. The van der Waals surface area contributed by atoms with Crippen LogP contribution in [-0.2, 0) is 19.6 Å². The summed E-state index contributed by atoms with van der Waals surface area (Å²) in [4.78, 5) is 26.3. The molecule has 30 heavy (non-hydrogen) atoms. The van der Waals surface area contributed by atoms with Gasteiger partial charge >= 0.3 is 5.97 Å². The zero-order valence-electron chi connectivity index (χ0n) is 16.8. The molecule has 0 saturated carbocycles. The predicted molar refractivity (Wildman–Crippen MR) is 113 cm³/mol. The number of sulfonamides is 1. The molecule has 0 aliphatic carbocycles. The van der Waals surface area contributed by atoms with E-state index in [2.05, 4.69) is 0 Å². The van der Waals surface area contributed by atoms with Gasteiger partial charge in [-0.15, -0.1) is 0 Å². The molecule has 0 N–H and O–H groups in total. The summed E-state index contributed by atoms with van der Waals surface area (Å²) in [6.45, 7) is 4.18. The van der Waals surface area contributed by atoms with Crippen LogP contribution in [0.4, 0.5) is 0 Å². The third kappa shape index (κ3) is 5.19. The Bertz CT molecular complexity index is 1030. The van der Waals surface area contributed by atoms with Gasteiger partial charge in [-0.25, -0.2) is 13.2 Å². The van der Waals surface area contributed by atoms with Gasteiger partial charge in [0.2, 0.25) is 10.0 Å². The Labute approximate surface area is 181 Å². The second-order valence-corrected chi connectivity index (χ2v) is 9.57. The lowest BCUT2D eigenvalue weighted by atomic mass is 10.1. The molecule has 1 fully saturated rings. The smallest absolute Gasteiger partial charge is 0.338 e. The molecule has 3 rings (SSSR count). The monoisotopic (exact) mass is 450 g/mol. The first-order chi connectivity index (χ1) is 14.2. The minimum absolute atomic E-state index is 0.161. The number of carbonyl (C=O) groups is 2. The van der Waals surface area contributed by atoms with E-state index < -0.39 is 16.0 Å². The third-order valence-corrected chi connectivity index (χ3v) is 6.99. The molecular formula is C21H23ClN2O5S. The molecule has 2 aromatic carbocycles. The van der Waals surface area contributed by atoms with Crippen LogP contribution < -0.4 is 0 Å². The van der Waals surface area contributed by atoms with E-state index in [1.165, 1.54) is 33.5 Å². The Morgan fingerprint density at radius 3 is 2.10 bits per heavy atom. The number of hydrogen-bond acceptors (Lipinski definition) is 5. The van der Waals surface area contributed by atoms with Crippen LogP contribution in [0.3, 0.4) is 0 Å². The first-order valence-corrected chi connectivity index (χ1v) is 11.3. The molecule has 9 heteroatoms. The van der Waals surface area contributed by atoms with Gasteiger partial charge in [0.15, 0.2) is 6.61 Å². The molecule has 2 aromatic rings. The Kier molecular flexibility index (Phi) is 6.80. The van der Waals surface area contributed by atoms with Crippen LogP contribution in [0.25, 0.3) is 0 Å². The van der Waals surface area contributed by atoms with Crippen molar-refractivity contribution in [1.29, 1.82) is 0 Å². The topological polar surface area (TPSA) is 84.0 Å². The third-order valence-electron chi connectivity index (χ3n) is 4.83. The van der Waals surface area contributed by atoms with E-state index >= 15 is 0 Å². The lowest BCUT2D eigenvalue weighted by molar-refractivity contribution is -0.135. The summed E-state index contributed by atoms with van der Waals surface area (Å²) in [7, 11) is -3.65. The van der Waals surface area contributed by atoms with E-state index in [9.17, 15) is 18.0 Å². The van der Waals surface area contributed by atoms with E-state index in [-0.39, 0.29) is 43.6 Å². The lowest BCUT2D eigenvalue weighted by Gasteiger charge is -2.33. The quantitative estimate of drug-likeness (QED) is 0.654. The highest BCUT2D eigenvalue weighted by molar-refractivity contribution is 7.89. The van der Waals surface area contributed by atoms with Crippen molar-refractivity contribution in [2.75, 3.05) is 32.8 Å². The fraction of sp³-hybridized carbons (Fsp3) is 0.333. The van der Waals surface area contributed by atoms with Crippen LogP contribution in [0, 0.1) is 13.8 Å². The number of piperazine rings is 1. The zero-order chi connectivity index (χ0) is 21.9. The number of aryl methyl sites for hydroxylation is 2. The molecule has 0 radical (unpaired) electrons. The number of nitrogens with zero attached hydrogens (tertiary/aromatic N) is 2. The van der Waals surface area contributed by atoms with Gasteiger partial charge in [0.25, 0.3) is 5.91 Å². The van der Waals surface area contributed by atoms with E-state index in [0.717, 1.165) is 11.1 Å². The molecule has 1 aliphatic heterocycles. The van der Waals surface area contributed by atoms with Crippen molar-refractivity contribution in [3.63, 3.8) is 0 Å². The summed E-state index contributed by atoms with van der Waals surface area (Å²) in [6.07, 6.45) is 0. The van der Waals surface area contributed by atoms with Crippen molar-refractivity contribution in [2.24, 2.45) is 0 Å². The summed E-state index contributed by atoms with van der Waals surface area (Å²) >= 11 is 5.82. The van der Waals surface area contributed by atoms with Gasteiger partial charge in [0, 0.05) is 31.2 Å². The summed E-state index contributed by atoms with van der Waals surface area (Å²) in [5.41, 5.74) is 2.27. The Hall–Kier alpha value is -2.42. The van der Waals surface area contributed by atoms with Crippen LogP contribution in [-0.4, -0.2) is 62.3 Å². The van der Waals surface area contributed by atoms with E-state index in [0.29, 0.717) is 10.6 Å². The lowest BCUT2D eigenvalue weighted by Crippen LogP contribution is -2.51. The van der Waals surface area contributed by atoms with Gasteiger partial charge in [-0.05, 0) is 50.2 Å². The number of carbonyl (C=O) groups excluding carboxylic acids is 2. The molecule has 160 valence electrons. The average Bonchev–Trinajstić information content (AvgIpc) is 2.71. The van der Waals surface area contributed by atoms with Gasteiger partial charge in [0.05, 0.1) is 10.5 Å². The Balaban J connectivity index is 1.54. The van der Waals surface area contributed by atoms with Gasteiger partial charge in [0.1, 0.15) is 0 Å². The standard InChI is InChI=1S/C21H23ClN2O5S/c1-15-11-16(2)13-17(12-15)21(26)29-14-20(25)23-7-9-24(10-8-23)30(27,28)19-5-3-18(22)4-6-19/h3-6,11-13H,7-10,14H2,1-2H3. The van der Waals surface area contributed by atoms with E-state index in [4.69, 9.17) is 16.3 Å². The highest BCUT2D eigenvalue weighted by atomic mass is 35.5. The van der Waals surface area contributed by atoms with Crippen molar-refractivity contribution < 1.29 is 22.7 Å². The van der Waals surface area contributed by atoms with Gasteiger partial charge in [-0.2, -0.15) is 4.31 Å². The highest BCUT2D eigenvalue weighted by Crippen LogP contribution is 2.20. The number of esters is 1. The fourth-order valence-corrected chi connectivity index (χ4v) is 4.88. The predicted octanol–water partition coefficient (Wildman–Crippen LogP) is 2.65. The maximum Gasteiger partial charge on any atom is 0.338 e. The van der Waals surface area contributed by atoms with Crippen molar-refractivity contribution in [3.8, 4) is 0 Å². The molecule has 1 amide bonds. The van der Waals surface area contributed by atoms with Crippen molar-refractivity contribution >= 4 is 33.5 Å². The minimum atomic E-state index is -3.65. The molecule has 1 aliphatic rings. The van der Waals surface area contributed by atoms with Gasteiger partial charge in [-0.1, -0.05) is 28.8 Å². The number of amides is 1. The first kappa shape index (κ1) is 22.3. The van der Waals surface area contributed by atoms with Gasteiger partial charge in [-0.3, -0.25) is 4.79 Å². The number of ether oxygens (including phenoxy) is 1. The molecule has 1 saturated heterocycles. The second-order valence-electron chi connectivity index (χ2n) is 7.19. The van der Waals surface area contributed by atoms with E-state index in [1.807, 2.05) is 19.9 Å². The molecule has 7 nitrogen and oxygen atoms in total. The van der Waals surface area contributed by atoms with Gasteiger partial charge < -0.3 is 9.64 Å². The molecule has 0 aromatic heterocycles. The number of benzene rings is 2. The van der Waals surface area contributed by atoms with Crippen LogP contribution in [0.15, 0.2) is 47.4 Å². The number of rotatable bonds is 5. The van der Waals surface area contributed by atoms with Crippen LogP contribution >= 0.6 is 11.6 Å². The number of halogens is 1. The first-order valence-electron chi connectivity index (χ1n) is 9.46. The molecular weight excluding hydrogens is 428 g/mol. The summed E-state index contributed by atoms with van der Waals surface area (Å²) < 4.78 is 31.9. The molecule has 0 bridgehead atoms. The zero-order valence-corrected chi connectivity index (χ0v) is 18.4. The van der Waals surface area contributed by atoms with Crippen molar-refractivity contribution in [2.45, 2.75) is 18.7 Å². The van der Waals surface area contributed by atoms with Crippen LogP contribution in [0.2, 0.25) is 5.02 Å². The maximum atomic E-state index is 12.7. The molecule has 0 unspecified atom stereocenters. The summed E-state index contributed by atoms with van der Waals surface area (Å²) in [6, 6.07) is 11.3. The van der Waals surface area contributed by atoms with Crippen molar-refractivity contribution in [3.05, 3.63) is 64.2 Å². The van der Waals surface area contributed by atoms with E-state index in [1.54, 1.807) is 12.1 Å². The minimum Gasteiger partial charge on any atom is -0.452 e. The average molecular weight is 451 g/mol. The maximum absolute atomic E-state index is 12.7. The molecule has 1 heterocycles. The Morgan fingerprint density at radius 2 is 1.53 bits per heavy atom. The SMILES string of the molecule is Cc1cc(C)cc(C(=O)OCC(=O)N2CCN(S(=O)(=O)c3ccc(Cl)cc3)CC2)c1. The number of hydrogen-bond donors (Lipinski definition) is 0. The second kappa shape index (κ2) is 9.16. The van der Waals surface area contributed by atoms with Crippen LogP contribution in [0.1, 0.15) is 21.5 Å². The normalized spacial score (nSPS) is 15.1. The highest BCUT2D eigenvalue weighted by Gasteiger charge is 2.30. The Morgan fingerprint density at radius 1 is 0.967 bits per heavy atom. The summed E-state index contributed by atoms with van der Waals surface area (Å²) in [5.74, 6) is -0.907. The molecule has 0 atom stereocenters. The van der Waals surface area contributed by atoms with Crippen LogP contribution in [0.5, 0.6) is 0 Å². The molecule has 0 spiro atoms. The summed E-state index contributed by atoms with van der Waals surface area (Å²) in [5, 5.41) is 0.458. The van der Waals surface area contributed by atoms with Crippen molar-refractivity contribution in [1.82, 2.24) is 9.21 Å². The fourth-order valence-electron chi connectivity index (χ4n) is 3.33.